The van der Waals surface area contributed by atoms with E-state index in [-0.39, 0.29) is 23.1 Å². The monoisotopic (exact) mass is 445 g/mol. The molecule has 5 rings (SSSR count). The molecule has 1 unspecified atom stereocenters. The number of nitrogens with zero attached hydrogens (tertiary/aromatic N) is 2. The molecule has 2 fully saturated rings. The zero-order chi connectivity index (χ0) is 22.8. The van der Waals surface area contributed by atoms with Crippen LogP contribution in [0.25, 0.3) is 0 Å². The SMILES string of the molecule is CN1CCCC(C(=O)Nc2ccccc2CC(=O)N2CCC3(CCc4ccccc43)CC2)C1. The third kappa shape index (κ3) is 4.56. The number of aryl methyl sites for hydroxylation is 1. The van der Waals surface area contributed by atoms with Crippen LogP contribution in [0.3, 0.4) is 0 Å². The molecule has 2 saturated heterocycles. The van der Waals surface area contributed by atoms with Gasteiger partial charge < -0.3 is 15.1 Å². The lowest BCUT2D eigenvalue weighted by Crippen LogP contribution is -2.45. The molecule has 5 heteroatoms. The molecule has 2 heterocycles. The van der Waals surface area contributed by atoms with E-state index in [0.29, 0.717) is 6.42 Å². The fraction of sp³-hybridized carbons (Fsp3) is 0.500. The molecule has 1 atom stereocenters. The summed E-state index contributed by atoms with van der Waals surface area (Å²) in [5.74, 6) is 0.247. The molecule has 2 amide bonds. The zero-order valence-corrected chi connectivity index (χ0v) is 19.7. The Morgan fingerprint density at radius 1 is 1.00 bits per heavy atom. The lowest BCUT2D eigenvalue weighted by atomic mass is 9.74. The number of fused-ring (bicyclic) bond motifs is 2. The minimum Gasteiger partial charge on any atom is -0.342 e. The fourth-order valence-corrected chi connectivity index (χ4v) is 6.15. The van der Waals surface area contributed by atoms with Crippen LogP contribution in [-0.2, 0) is 27.8 Å². The summed E-state index contributed by atoms with van der Waals surface area (Å²) >= 11 is 0. The largest absolute Gasteiger partial charge is 0.342 e. The average Bonchev–Trinajstić information content (AvgIpc) is 3.19. The smallest absolute Gasteiger partial charge is 0.228 e. The molecule has 3 aliphatic rings. The number of carbonyl (C=O) groups is 2. The van der Waals surface area contributed by atoms with Gasteiger partial charge in [0, 0.05) is 25.3 Å². The van der Waals surface area contributed by atoms with E-state index < -0.39 is 0 Å². The molecule has 174 valence electrons. The first-order chi connectivity index (χ1) is 16.0. The molecular weight excluding hydrogens is 410 g/mol. The van der Waals surface area contributed by atoms with E-state index in [4.69, 9.17) is 0 Å². The number of hydrogen-bond acceptors (Lipinski definition) is 3. The second kappa shape index (κ2) is 9.30. The number of piperidine rings is 2. The molecule has 2 aliphatic heterocycles. The van der Waals surface area contributed by atoms with Gasteiger partial charge in [0.1, 0.15) is 0 Å². The van der Waals surface area contributed by atoms with Crippen LogP contribution in [0.1, 0.15) is 48.8 Å². The Labute approximate surface area is 197 Å². The van der Waals surface area contributed by atoms with Gasteiger partial charge >= 0.3 is 0 Å². The molecule has 33 heavy (non-hydrogen) atoms. The highest BCUT2D eigenvalue weighted by atomic mass is 16.2. The van der Waals surface area contributed by atoms with Crippen LogP contribution in [0.15, 0.2) is 48.5 Å². The number of hydrogen-bond donors (Lipinski definition) is 1. The summed E-state index contributed by atoms with van der Waals surface area (Å²) in [5.41, 5.74) is 4.95. The van der Waals surface area contributed by atoms with Crippen LogP contribution in [0.2, 0.25) is 0 Å². The van der Waals surface area contributed by atoms with Gasteiger partial charge in [0.25, 0.3) is 0 Å². The number of likely N-dealkylation sites (tertiary alicyclic amines) is 2. The first kappa shape index (κ1) is 22.1. The topological polar surface area (TPSA) is 52.7 Å². The maximum atomic E-state index is 13.2. The Bertz CT molecular complexity index is 1030. The van der Waals surface area contributed by atoms with Crippen LogP contribution < -0.4 is 5.32 Å². The summed E-state index contributed by atoms with van der Waals surface area (Å²) < 4.78 is 0. The van der Waals surface area contributed by atoms with Gasteiger partial charge in [-0.15, -0.1) is 0 Å². The van der Waals surface area contributed by atoms with Crippen molar-refractivity contribution >= 4 is 17.5 Å². The highest BCUT2D eigenvalue weighted by Crippen LogP contribution is 2.46. The maximum Gasteiger partial charge on any atom is 0.228 e. The lowest BCUT2D eigenvalue weighted by Gasteiger charge is -2.40. The second-order valence-corrected chi connectivity index (χ2v) is 10.2. The highest BCUT2D eigenvalue weighted by Gasteiger charge is 2.41. The molecule has 1 spiro atoms. The van der Waals surface area contributed by atoms with Crippen LogP contribution >= 0.6 is 0 Å². The predicted octanol–water partition coefficient (Wildman–Crippen LogP) is 4.02. The zero-order valence-electron chi connectivity index (χ0n) is 19.7. The van der Waals surface area contributed by atoms with Gasteiger partial charge in [0.2, 0.25) is 11.8 Å². The molecule has 1 N–H and O–H groups in total. The molecular formula is C28H35N3O2. The Morgan fingerprint density at radius 3 is 2.58 bits per heavy atom. The van der Waals surface area contributed by atoms with E-state index >= 15 is 0 Å². The van der Waals surface area contributed by atoms with Crippen molar-refractivity contribution in [2.24, 2.45) is 5.92 Å². The summed E-state index contributed by atoms with van der Waals surface area (Å²) in [5, 5.41) is 3.12. The van der Waals surface area contributed by atoms with Gasteiger partial charge in [-0.1, -0.05) is 42.5 Å². The van der Waals surface area contributed by atoms with E-state index in [0.717, 1.165) is 69.5 Å². The van der Waals surface area contributed by atoms with Crippen LogP contribution in [-0.4, -0.2) is 54.8 Å². The number of rotatable bonds is 4. The van der Waals surface area contributed by atoms with Gasteiger partial charge in [0.05, 0.1) is 12.3 Å². The van der Waals surface area contributed by atoms with Crippen LogP contribution in [0.5, 0.6) is 0 Å². The third-order valence-electron chi connectivity index (χ3n) is 8.15. The number of anilines is 1. The Hall–Kier alpha value is -2.66. The minimum atomic E-state index is 0.0140. The van der Waals surface area contributed by atoms with Crippen molar-refractivity contribution in [3.8, 4) is 0 Å². The van der Waals surface area contributed by atoms with Crippen molar-refractivity contribution in [2.75, 3.05) is 38.5 Å². The first-order valence-electron chi connectivity index (χ1n) is 12.5. The molecule has 1 aliphatic carbocycles. The van der Waals surface area contributed by atoms with Gasteiger partial charge in [-0.3, -0.25) is 9.59 Å². The molecule has 0 radical (unpaired) electrons. The summed E-state index contributed by atoms with van der Waals surface area (Å²) in [4.78, 5) is 30.3. The van der Waals surface area contributed by atoms with Crippen molar-refractivity contribution < 1.29 is 9.59 Å². The van der Waals surface area contributed by atoms with Crippen molar-refractivity contribution in [2.45, 2.75) is 50.4 Å². The van der Waals surface area contributed by atoms with E-state index in [1.807, 2.05) is 29.2 Å². The van der Waals surface area contributed by atoms with Crippen molar-refractivity contribution in [1.29, 1.82) is 0 Å². The molecule has 2 aromatic carbocycles. The van der Waals surface area contributed by atoms with Gasteiger partial charge in [-0.05, 0) is 80.3 Å². The van der Waals surface area contributed by atoms with Crippen molar-refractivity contribution in [3.05, 3.63) is 65.2 Å². The van der Waals surface area contributed by atoms with Crippen molar-refractivity contribution in [3.63, 3.8) is 0 Å². The Balaban J connectivity index is 1.21. The fourth-order valence-electron chi connectivity index (χ4n) is 6.15. The van der Waals surface area contributed by atoms with E-state index in [2.05, 4.69) is 41.5 Å². The van der Waals surface area contributed by atoms with Crippen molar-refractivity contribution in [1.82, 2.24) is 9.80 Å². The number of para-hydroxylation sites is 1. The van der Waals surface area contributed by atoms with Crippen LogP contribution in [0.4, 0.5) is 5.69 Å². The Kier molecular flexibility index (Phi) is 6.24. The summed E-state index contributed by atoms with van der Waals surface area (Å²) in [7, 11) is 2.07. The predicted molar refractivity (Wildman–Crippen MR) is 131 cm³/mol. The van der Waals surface area contributed by atoms with Gasteiger partial charge in [-0.25, -0.2) is 0 Å². The number of nitrogens with one attached hydrogen (secondary N) is 1. The summed E-state index contributed by atoms with van der Waals surface area (Å²) in [6, 6.07) is 16.6. The number of amides is 2. The normalized spacial score (nSPS) is 22.2. The summed E-state index contributed by atoms with van der Waals surface area (Å²) in [6.07, 6.45) is 6.77. The van der Waals surface area contributed by atoms with E-state index in [9.17, 15) is 9.59 Å². The number of carbonyl (C=O) groups excluding carboxylic acids is 2. The number of benzene rings is 2. The average molecular weight is 446 g/mol. The molecule has 2 aromatic rings. The maximum absolute atomic E-state index is 13.2. The van der Waals surface area contributed by atoms with Gasteiger partial charge in [-0.2, -0.15) is 0 Å². The third-order valence-corrected chi connectivity index (χ3v) is 8.15. The van der Waals surface area contributed by atoms with Crippen LogP contribution in [0, 0.1) is 5.92 Å². The minimum absolute atomic E-state index is 0.0140. The molecule has 0 aromatic heterocycles. The molecule has 0 bridgehead atoms. The molecule has 0 saturated carbocycles. The van der Waals surface area contributed by atoms with E-state index in [1.54, 1.807) is 0 Å². The standard InChI is InChI=1S/C28H35N3O2/c1-30-16-6-9-23(20-30)27(33)29-25-11-5-3-8-22(25)19-26(32)31-17-14-28(15-18-31)13-12-21-7-2-4-10-24(21)28/h2-5,7-8,10-11,23H,6,9,12-20H2,1H3,(H,29,33). The Morgan fingerprint density at radius 2 is 1.76 bits per heavy atom. The summed E-state index contributed by atoms with van der Waals surface area (Å²) in [6.45, 7) is 3.48. The second-order valence-electron chi connectivity index (χ2n) is 10.2. The lowest BCUT2D eigenvalue weighted by molar-refractivity contribution is -0.132. The highest BCUT2D eigenvalue weighted by molar-refractivity contribution is 5.94. The van der Waals surface area contributed by atoms with Gasteiger partial charge in [0.15, 0.2) is 0 Å². The first-order valence-corrected chi connectivity index (χ1v) is 12.5. The van der Waals surface area contributed by atoms with E-state index in [1.165, 1.54) is 17.5 Å². The quantitative estimate of drug-likeness (QED) is 0.774. The molecule has 5 nitrogen and oxygen atoms in total.